The largest absolute Gasteiger partial charge is 0.573 e. The highest BCUT2D eigenvalue weighted by Crippen LogP contribution is 2.29. The second kappa shape index (κ2) is 7.20. The SMILES string of the molecule is CCOCC(O)CNc1ccccc1OC(F)(F)F. The summed E-state index contributed by atoms with van der Waals surface area (Å²) in [5, 5.41) is 12.2. The van der Waals surface area contributed by atoms with Gasteiger partial charge >= 0.3 is 6.36 Å². The zero-order chi connectivity index (χ0) is 14.3. The van der Waals surface area contributed by atoms with Crippen LogP contribution in [0.1, 0.15) is 6.92 Å². The normalized spacial score (nSPS) is 13.1. The van der Waals surface area contributed by atoms with Crippen LogP contribution < -0.4 is 10.1 Å². The molecule has 2 N–H and O–H groups in total. The first-order valence-corrected chi connectivity index (χ1v) is 5.77. The van der Waals surface area contributed by atoms with Gasteiger partial charge in [-0.15, -0.1) is 13.2 Å². The van der Waals surface area contributed by atoms with Gasteiger partial charge in [0.25, 0.3) is 0 Å². The lowest BCUT2D eigenvalue weighted by atomic mass is 10.2. The predicted octanol–water partition coefficient (Wildman–Crippen LogP) is 2.39. The number of para-hydroxylation sites is 2. The van der Waals surface area contributed by atoms with E-state index in [1.54, 1.807) is 13.0 Å². The van der Waals surface area contributed by atoms with E-state index in [-0.39, 0.29) is 24.6 Å². The van der Waals surface area contributed by atoms with E-state index in [2.05, 4.69) is 10.1 Å². The minimum absolute atomic E-state index is 0.0677. The highest BCUT2D eigenvalue weighted by molar-refractivity contribution is 5.56. The number of hydrogen-bond donors (Lipinski definition) is 2. The van der Waals surface area contributed by atoms with Gasteiger partial charge in [0.2, 0.25) is 0 Å². The van der Waals surface area contributed by atoms with Crippen LogP contribution in [0.4, 0.5) is 18.9 Å². The number of halogens is 3. The van der Waals surface area contributed by atoms with E-state index in [1.165, 1.54) is 18.2 Å². The first-order valence-electron chi connectivity index (χ1n) is 5.77. The van der Waals surface area contributed by atoms with E-state index in [4.69, 9.17) is 4.74 Å². The number of rotatable bonds is 7. The molecule has 0 heterocycles. The molecule has 0 saturated carbocycles. The molecule has 0 aromatic heterocycles. The first-order chi connectivity index (χ1) is 8.92. The van der Waals surface area contributed by atoms with Crippen molar-refractivity contribution in [2.45, 2.75) is 19.4 Å². The molecule has 108 valence electrons. The Morgan fingerprint density at radius 1 is 1.32 bits per heavy atom. The van der Waals surface area contributed by atoms with Gasteiger partial charge in [-0.05, 0) is 19.1 Å². The number of aliphatic hydroxyl groups is 1. The van der Waals surface area contributed by atoms with Crippen molar-refractivity contribution >= 4 is 5.69 Å². The quantitative estimate of drug-likeness (QED) is 0.804. The average molecular weight is 279 g/mol. The maximum Gasteiger partial charge on any atom is 0.573 e. The second-order valence-electron chi connectivity index (χ2n) is 3.74. The van der Waals surface area contributed by atoms with Gasteiger partial charge in [-0.3, -0.25) is 0 Å². The molecule has 19 heavy (non-hydrogen) atoms. The number of anilines is 1. The second-order valence-corrected chi connectivity index (χ2v) is 3.74. The lowest BCUT2D eigenvalue weighted by Crippen LogP contribution is -2.25. The van der Waals surface area contributed by atoms with Gasteiger partial charge in [0.05, 0.1) is 18.4 Å². The van der Waals surface area contributed by atoms with Crippen LogP contribution in [0.25, 0.3) is 0 Å². The third kappa shape index (κ3) is 6.30. The number of nitrogens with one attached hydrogen (secondary N) is 1. The maximum absolute atomic E-state index is 12.2. The van der Waals surface area contributed by atoms with Gasteiger partial charge in [-0.2, -0.15) is 0 Å². The number of alkyl halides is 3. The Labute approximate surface area is 109 Å². The van der Waals surface area contributed by atoms with Crippen molar-refractivity contribution in [2.75, 3.05) is 25.1 Å². The van der Waals surface area contributed by atoms with Crippen LogP contribution >= 0.6 is 0 Å². The molecule has 0 amide bonds. The molecular weight excluding hydrogens is 263 g/mol. The molecule has 1 unspecified atom stereocenters. The van der Waals surface area contributed by atoms with Gasteiger partial charge < -0.3 is 19.9 Å². The zero-order valence-corrected chi connectivity index (χ0v) is 10.4. The standard InChI is InChI=1S/C12H16F3NO3/c1-2-18-8-9(17)7-16-10-5-3-4-6-11(10)19-12(13,14)15/h3-6,9,16-17H,2,7-8H2,1H3. The van der Waals surface area contributed by atoms with Crippen molar-refractivity contribution in [3.8, 4) is 5.75 Å². The summed E-state index contributed by atoms with van der Waals surface area (Å²) in [5.41, 5.74) is 0.162. The van der Waals surface area contributed by atoms with E-state index >= 15 is 0 Å². The molecule has 0 bridgehead atoms. The first kappa shape index (κ1) is 15.6. The molecular formula is C12H16F3NO3. The summed E-state index contributed by atoms with van der Waals surface area (Å²) in [6.45, 7) is 2.43. The van der Waals surface area contributed by atoms with Crippen molar-refractivity contribution in [2.24, 2.45) is 0 Å². The summed E-state index contributed by atoms with van der Waals surface area (Å²) in [6, 6.07) is 5.64. The van der Waals surface area contributed by atoms with Crippen molar-refractivity contribution in [3.05, 3.63) is 24.3 Å². The van der Waals surface area contributed by atoms with E-state index < -0.39 is 12.5 Å². The summed E-state index contributed by atoms with van der Waals surface area (Å²) < 4.78 is 45.4. The monoisotopic (exact) mass is 279 g/mol. The van der Waals surface area contributed by atoms with Crippen molar-refractivity contribution in [1.82, 2.24) is 0 Å². The Balaban J connectivity index is 2.58. The minimum atomic E-state index is -4.75. The van der Waals surface area contributed by atoms with Crippen LogP contribution in [0.3, 0.4) is 0 Å². The van der Waals surface area contributed by atoms with Gasteiger partial charge in [0.1, 0.15) is 0 Å². The zero-order valence-electron chi connectivity index (χ0n) is 10.4. The molecule has 0 aliphatic heterocycles. The Kier molecular flexibility index (Phi) is 5.91. The van der Waals surface area contributed by atoms with Crippen LogP contribution in [0.2, 0.25) is 0 Å². The molecule has 0 saturated heterocycles. The molecule has 1 aromatic carbocycles. The highest BCUT2D eigenvalue weighted by Gasteiger charge is 2.32. The predicted molar refractivity (Wildman–Crippen MR) is 64.1 cm³/mol. The fourth-order valence-electron chi connectivity index (χ4n) is 1.37. The van der Waals surface area contributed by atoms with Gasteiger partial charge in [0, 0.05) is 13.2 Å². The summed E-state index contributed by atoms with van der Waals surface area (Å²) >= 11 is 0. The Bertz CT molecular complexity index is 385. The molecule has 1 aromatic rings. The molecule has 1 rings (SSSR count). The number of hydrogen-bond acceptors (Lipinski definition) is 4. The Morgan fingerprint density at radius 3 is 2.63 bits per heavy atom. The van der Waals surface area contributed by atoms with Gasteiger partial charge in [-0.25, -0.2) is 0 Å². The number of benzene rings is 1. The third-order valence-corrected chi connectivity index (χ3v) is 2.16. The van der Waals surface area contributed by atoms with Crippen molar-refractivity contribution in [1.29, 1.82) is 0 Å². The topological polar surface area (TPSA) is 50.7 Å². The van der Waals surface area contributed by atoms with Crippen LogP contribution in [-0.4, -0.2) is 37.3 Å². The Hall–Kier alpha value is -1.47. The average Bonchev–Trinajstić information content (AvgIpc) is 2.33. The third-order valence-electron chi connectivity index (χ3n) is 2.16. The fraction of sp³-hybridized carbons (Fsp3) is 0.500. The van der Waals surface area contributed by atoms with Crippen molar-refractivity contribution < 1.29 is 27.8 Å². The van der Waals surface area contributed by atoms with Crippen LogP contribution in [-0.2, 0) is 4.74 Å². The fourth-order valence-corrected chi connectivity index (χ4v) is 1.37. The molecule has 1 atom stereocenters. The maximum atomic E-state index is 12.2. The summed E-state index contributed by atoms with van der Waals surface area (Å²) in [4.78, 5) is 0. The van der Waals surface area contributed by atoms with Gasteiger partial charge in [0.15, 0.2) is 5.75 Å². The van der Waals surface area contributed by atoms with Crippen molar-refractivity contribution in [3.63, 3.8) is 0 Å². The van der Waals surface area contributed by atoms with Gasteiger partial charge in [-0.1, -0.05) is 12.1 Å². The lowest BCUT2D eigenvalue weighted by molar-refractivity contribution is -0.274. The molecule has 7 heteroatoms. The molecule has 0 radical (unpaired) electrons. The summed E-state index contributed by atoms with van der Waals surface area (Å²) in [6.07, 6.45) is -5.55. The van der Waals surface area contributed by atoms with E-state index in [0.717, 1.165) is 0 Å². The minimum Gasteiger partial charge on any atom is -0.404 e. The molecule has 0 aliphatic carbocycles. The van der Waals surface area contributed by atoms with Crippen LogP contribution in [0.15, 0.2) is 24.3 Å². The molecule has 0 aliphatic rings. The van der Waals surface area contributed by atoms with Crippen LogP contribution in [0, 0.1) is 0 Å². The van der Waals surface area contributed by atoms with E-state index in [0.29, 0.717) is 6.61 Å². The highest BCUT2D eigenvalue weighted by atomic mass is 19.4. The van der Waals surface area contributed by atoms with E-state index in [1.807, 2.05) is 0 Å². The van der Waals surface area contributed by atoms with E-state index in [9.17, 15) is 18.3 Å². The summed E-state index contributed by atoms with van der Waals surface area (Å²) in [5.74, 6) is -0.335. The number of aliphatic hydroxyl groups excluding tert-OH is 1. The number of ether oxygens (including phenoxy) is 2. The Morgan fingerprint density at radius 2 is 2.00 bits per heavy atom. The van der Waals surface area contributed by atoms with Crippen LogP contribution in [0.5, 0.6) is 5.75 Å². The molecule has 0 spiro atoms. The summed E-state index contributed by atoms with van der Waals surface area (Å²) in [7, 11) is 0. The molecule has 0 fully saturated rings. The lowest BCUT2D eigenvalue weighted by Gasteiger charge is -2.16. The smallest absolute Gasteiger partial charge is 0.404 e. The molecule has 4 nitrogen and oxygen atoms in total.